The summed E-state index contributed by atoms with van der Waals surface area (Å²) in [6.45, 7) is 2.60. The Labute approximate surface area is 83.6 Å². The highest BCUT2D eigenvalue weighted by molar-refractivity contribution is 5.56. The van der Waals surface area contributed by atoms with Crippen LogP contribution in [0.3, 0.4) is 0 Å². The fourth-order valence-electron chi connectivity index (χ4n) is 0.905. The standard InChI is InChI=1S/C6H10O3.C3H8O2/c1-8-6-3-2-5(4-7)9-6;1-3(2,4)5/h4-6H,2-3H2,1H3;4-5H,1-2H3. The van der Waals surface area contributed by atoms with Crippen LogP contribution in [0.1, 0.15) is 26.7 Å². The molecule has 0 bridgehead atoms. The van der Waals surface area contributed by atoms with E-state index in [9.17, 15) is 4.79 Å². The molecule has 14 heavy (non-hydrogen) atoms. The fourth-order valence-corrected chi connectivity index (χ4v) is 0.905. The summed E-state index contributed by atoms with van der Waals surface area (Å²) in [5.41, 5.74) is 0. The van der Waals surface area contributed by atoms with E-state index in [0.29, 0.717) is 0 Å². The number of methoxy groups -OCH3 is 1. The lowest BCUT2D eigenvalue weighted by molar-refractivity contribution is -0.136. The Balaban J connectivity index is 0.000000292. The molecule has 1 rings (SSSR count). The first kappa shape index (κ1) is 13.5. The number of carbonyl (C=O) groups excluding carboxylic acids is 1. The first-order valence-corrected chi connectivity index (χ1v) is 4.45. The van der Waals surface area contributed by atoms with Gasteiger partial charge < -0.3 is 24.5 Å². The molecule has 0 aromatic rings. The minimum Gasteiger partial charge on any atom is -0.366 e. The molecular weight excluding hydrogens is 188 g/mol. The quantitative estimate of drug-likeness (QED) is 0.493. The summed E-state index contributed by atoms with van der Waals surface area (Å²) in [6.07, 6.45) is 2.07. The number of aldehydes is 1. The van der Waals surface area contributed by atoms with Gasteiger partial charge in [-0.05, 0) is 20.3 Å². The third-order valence-electron chi connectivity index (χ3n) is 1.43. The average molecular weight is 206 g/mol. The third kappa shape index (κ3) is 8.12. The van der Waals surface area contributed by atoms with Gasteiger partial charge in [0.25, 0.3) is 0 Å². The molecule has 5 heteroatoms. The van der Waals surface area contributed by atoms with Gasteiger partial charge in [-0.25, -0.2) is 0 Å². The normalized spacial score (nSPS) is 26.6. The Kier molecular flexibility index (Phi) is 5.87. The minimum absolute atomic E-state index is 0.153. The Hall–Kier alpha value is -0.490. The van der Waals surface area contributed by atoms with Crippen molar-refractivity contribution in [2.24, 2.45) is 0 Å². The molecule has 2 N–H and O–H groups in total. The Morgan fingerprint density at radius 3 is 2.14 bits per heavy atom. The van der Waals surface area contributed by atoms with Crippen LogP contribution in [0.15, 0.2) is 0 Å². The summed E-state index contributed by atoms with van der Waals surface area (Å²) < 4.78 is 9.93. The molecule has 0 saturated carbocycles. The number of hydrogen-bond donors (Lipinski definition) is 2. The molecule has 0 amide bonds. The summed E-state index contributed by atoms with van der Waals surface area (Å²) >= 11 is 0. The molecule has 1 fully saturated rings. The maximum absolute atomic E-state index is 10.1. The Bertz CT molecular complexity index is 157. The van der Waals surface area contributed by atoms with Gasteiger partial charge in [0.05, 0.1) is 0 Å². The van der Waals surface area contributed by atoms with Crippen molar-refractivity contribution in [2.45, 2.75) is 44.9 Å². The lowest BCUT2D eigenvalue weighted by Gasteiger charge is -2.05. The molecule has 1 aliphatic rings. The van der Waals surface area contributed by atoms with Gasteiger partial charge in [-0.2, -0.15) is 0 Å². The van der Waals surface area contributed by atoms with Crippen molar-refractivity contribution in [3.8, 4) is 0 Å². The Morgan fingerprint density at radius 1 is 1.43 bits per heavy atom. The number of aliphatic hydroxyl groups is 2. The van der Waals surface area contributed by atoms with E-state index in [1.165, 1.54) is 13.8 Å². The van der Waals surface area contributed by atoms with E-state index in [1.54, 1.807) is 7.11 Å². The number of ether oxygens (including phenoxy) is 2. The van der Waals surface area contributed by atoms with Crippen molar-refractivity contribution < 1.29 is 24.5 Å². The smallest absolute Gasteiger partial charge is 0.158 e. The van der Waals surface area contributed by atoms with Gasteiger partial charge in [0.15, 0.2) is 12.1 Å². The number of hydrogen-bond acceptors (Lipinski definition) is 5. The van der Waals surface area contributed by atoms with Gasteiger partial charge in [0.2, 0.25) is 0 Å². The topological polar surface area (TPSA) is 76.0 Å². The molecule has 1 heterocycles. The second-order valence-corrected chi connectivity index (χ2v) is 3.55. The minimum atomic E-state index is -1.50. The third-order valence-corrected chi connectivity index (χ3v) is 1.43. The second-order valence-electron chi connectivity index (χ2n) is 3.55. The van der Waals surface area contributed by atoms with Crippen molar-refractivity contribution in [3.05, 3.63) is 0 Å². The molecule has 1 saturated heterocycles. The SMILES string of the molecule is CC(C)(O)O.COC1CCC(C=O)O1. The lowest BCUT2D eigenvalue weighted by atomic mass is 10.2. The van der Waals surface area contributed by atoms with Crippen LogP contribution in [0.25, 0.3) is 0 Å². The van der Waals surface area contributed by atoms with Crippen molar-refractivity contribution in [1.82, 2.24) is 0 Å². The highest BCUT2D eigenvalue weighted by Gasteiger charge is 2.23. The molecule has 84 valence electrons. The van der Waals surface area contributed by atoms with Gasteiger partial charge in [-0.15, -0.1) is 0 Å². The van der Waals surface area contributed by atoms with Crippen LogP contribution < -0.4 is 0 Å². The van der Waals surface area contributed by atoms with E-state index in [1.807, 2.05) is 0 Å². The van der Waals surface area contributed by atoms with Crippen LogP contribution in [-0.4, -0.2) is 41.8 Å². The average Bonchev–Trinajstić information content (AvgIpc) is 2.48. The zero-order valence-electron chi connectivity index (χ0n) is 8.77. The van der Waals surface area contributed by atoms with E-state index >= 15 is 0 Å². The summed E-state index contributed by atoms with van der Waals surface area (Å²) in [6, 6.07) is 0. The maximum Gasteiger partial charge on any atom is 0.158 e. The molecule has 0 aliphatic carbocycles. The van der Waals surface area contributed by atoms with Crippen molar-refractivity contribution in [2.75, 3.05) is 7.11 Å². The predicted molar refractivity (Wildman–Crippen MR) is 49.5 cm³/mol. The van der Waals surface area contributed by atoms with Crippen LogP contribution in [0.2, 0.25) is 0 Å². The van der Waals surface area contributed by atoms with E-state index in [2.05, 4.69) is 0 Å². The zero-order chi connectivity index (χ0) is 11.2. The van der Waals surface area contributed by atoms with Gasteiger partial charge in [0, 0.05) is 13.5 Å². The summed E-state index contributed by atoms with van der Waals surface area (Å²) in [5.74, 6) is -1.50. The first-order chi connectivity index (χ1) is 6.36. The maximum atomic E-state index is 10.1. The van der Waals surface area contributed by atoms with Crippen LogP contribution in [0.5, 0.6) is 0 Å². The summed E-state index contributed by atoms with van der Waals surface area (Å²) in [4.78, 5) is 10.1. The largest absolute Gasteiger partial charge is 0.366 e. The van der Waals surface area contributed by atoms with Crippen LogP contribution in [0.4, 0.5) is 0 Å². The number of carbonyl (C=O) groups is 1. The number of rotatable bonds is 2. The monoisotopic (exact) mass is 206 g/mol. The highest BCUT2D eigenvalue weighted by atomic mass is 16.7. The van der Waals surface area contributed by atoms with Gasteiger partial charge >= 0.3 is 0 Å². The van der Waals surface area contributed by atoms with E-state index in [4.69, 9.17) is 19.7 Å². The molecule has 0 aromatic heterocycles. The fraction of sp³-hybridized carbons (Fsp3) is 0.889. The molecule has 2 unspecified atom stereocenters. The second kappa shape index (κ2) is 6.08. The molecule has 0 aromatic carbocycles. The summed E-state index contributed by atoms with van der Waals surface area (Å²) in [7, 11) is 1.58. The van der Waals surface area contributed by atoms with Crippen molar-refractivity contribution in [3.63, 3.8) is 0 Å². The van der Waals surface area contributed by atoms with Crippen LogP contribution >= 0.6 is 0 Å². The molecule has 2 atom stereocenters. The lowest BCUT2D eigenvalue weighted by Crippen LogP contribution is -2.15. The van der Waals surface area contributed by atoms with Crippen molar-refractivity contribution >= 4 is 6.29 Å². The molecule has 0 radical (unpaired) electrons. The van der Waals surface area contributed by atoms with Gasteiger partial charge in [-0.1, -0.05) is 0 Å². The van der Waals surface area contributed by atoms with Crippen molar-refractivity contribution in [1.29, 1.82) is 0 Å². The Morgan fingerprint density at radius 2 is 1.93 bits per heavy atom. The van der Waals surface area contributed by atoms with E-state index < -0.39 is 5.79 Å². The first-order valence-electron chi connectivity index (χ1n) is 4.45. The van der Waals surface area contributed by atoms with Crippen LogP contribution in [0, 0.1) is 0 Å². The zero-order valence-corrected chi connectivity index (χ0v) is 8.77. The molecule has 1 aliphatic heterocycles. The molecule has 0 spiro atoms. The van der Waals surface area contributed by atoms with Gasteiger partial charge in [-0.3, -0.25) is 0 Å². The predicted octanol–water partition coefficient (Wildman–Crippen LogP) is 0.0439. The highest BCUT2D eigenvalue weighted by Crippen LogP contribution is 2.17. The summed E-state index contributed by atoms with van der Waals surface area (Å²) in [5, 5.41) is 16.2. The van der Waals surface area contributed by atoms with Gasteiger partial charge in [0.1, 0.15) is 12.4 Å². The van der Waals surface area contributed by atoms with Crippen LogP contribution in [-0.2, 0) is 14.3 Å². The molecule has 5 nitrogen and oxygen atoms in total. The molecular formula is C9H18O5. The van der Waals surface area contributed by atoms with E-state index in [0.717, 1.165) is 19.1 Å². The van der Waals surface area contributed by atoms with E-state index in [-0.39, 0.29) is 12.4 Å².